The molecule has 1 saturated heterocycles. The number of halogens is 3. The first-order chi connectivity index (χ1) is 15.3. The molecule has 1 unspecified atom stereocenters. The van der Waals surface area contributed by atoms with Crippen molar-refractivity contribution in [1.29, 1.82) is 0 Å². The van der Waals surface area contributed by atoms with E-state index in [0.29, 0.717) is 24.7 Å². The minimum Gasteiger partial charge on any atom is -0.379 e. The number of alkyl halides is 3. The molecule has 6 nitrogen and oxygen atoms in total. The maximum absolute atomic E-state index is 12.9. The molecule has 1 saturated carbocycles. The standard InChI is InChI=1S/C22H28F3N3O3S/c23-22(24,25)15-4-5-17-16(12-15)27-20(30)18(32-17)13-19(29)26-14-21(6-2-1-3-7-21)28-8-10-31-11-9-28/h4-5,12,18H,1-3,6-11,13-14H2,(H,26,29)(H,27,30). The molecule has 0 aromatic heterocycles. The fourth-order valence-electron chi connectivity index (χ4n) is 4.82. The van der Waals surface area contributed by atoms with Gasteiger partial charge in [-0.05, 0) is 31.0 Å². The number of ether oxygens (including phenoxy) is 1. The molecule has 1 aliphatic carbocycles. The van der Waals surface area contributed by atoms with Gasteiger partial charge in [-0.1, -0.05) is 19.3 Å². The second-order valence-corrected chi connectivity index (χ2v) is 9.91. The summed E-state index contributed by atoms with van der Waals surface area (Å²) in [6.45, 7) is 3.64. The summed E-state index contributed by atoms with van der Waals surface area (Å²) in [6, 6.07) is 3.28. The van der Waals surface area contributed by atoms with Crippen LogP contribution in [0.3, 0.4) is 0 Å². The van der Waals surface area contributed by atoms with Gasteiger partial charge < -0.3 is 15.4 Å². The Morgan fingerprint density at radius 1 is 1.22 bits per heavy atom. The van der Waals surface area contributed by atoms with Crippen molar-refractivity contribution in [3.63, 3.8) is 0 Å². The van der Waals surface area contributed by atoms with Crippen LogP contribution in [-0.4, -0.2) is 60.4 Å². The molecule has 32 heavy (non-hydrogen) atoms. The molecule has 0 spiro atoms. The van der Waals surface area contributed by atoms with E-state index < -0.39 is 22.9 Å². The summed E-state index contributed by atoms with van der Waals surface area (Å²) >= 11 is 1.13. The Bertz CT molecular complexity index is 853. The zero-order valence-electron chi connectivity index (χ0n) is 17.8. The SMILES string of the molecule is O=C(CC1Sc2ccc(C(F)(F)F)cc2NC1=O)NCC1(N2CCOCC2)CCCCC1. The van der Waals surface area contributed by atoms with Crippen molar-refractivity contribution in [2.45, 2.75) is 60.4 Å². The van der Waals surface area contributed by atoms with Gasteiger partial charge in [0.2, 0.25) is 11.8 Å². The smallest absolute Gasteiger partial charge is 0.379 e. The van der Waals surface area contributed by atoms with Crippen LogP contribution in [0.25, 0.3) is 0 Å². The molecule has 1 aromatic rings. The first-order valence-electron chi connectivity index (χ1n) is 11.1. The zero-order chi connectivity index (χ0) is 22.8. The molecule has 176 valence electrons. The number of carbonyl (C=O) groups is 2. The Morgan fingerprint density at radius 3 is 2.62 bits per heavy atom. The number of rotatable bonds is 5. The second kappa shape index (κ2) is 9.61. The number of hydrogen-bond donors (Lipinski definition) is 2. The lowest BCUT2D eigenvalue weighted by Crippen LogP contribution is -2.59. The topological polar surface area (TPSA) is 70.7 Å². The van der Waals surface area contributed by atoms with E-state index in [1.165, 1.54) is 12.5 Å². The van der Waals surface area contributed by atoms with Crippen LogP contribution in [0.2, 0.25) is 0 Å². The maximum Gasteiger partial charge on any atom is 0.416 e. The van der Waals surface area contributed by atoms with Gasteiger partial charge in [0.25, 0.3) is 0 Å². The fourth-order valence-corrected chi connectivity index (χ4v) is 5.91. The molecular formula is C22H28F3N3O3S. The second-order valence-electron chi connectivity index (χ2n) is 8.67. The lowest BCUT2D eigenvalue weighted by molar-refractivity contribution is -0.137. The van der Waals surface area contributed by atoms with Crippen LogP contribution in [0, 0.1) is 0 Å². The number of benzene rings is 1. The molecule has 2 fully saturated rings. The third kappa shape index (κ3) is 5.23. The van der Waals surface area contributed by atoms with Gasteiger partial charge in [-0.25, -0.2) is 0 Å². The molecule has 1 atom stereocenters. The number of anilines is 1. The fraction of sp³-hybridized carbons (Fsp3) is 0.636. The van der Waals surface area contributed by atoms with Gasteiger partial charge >= 0.3 is 6.18 Å². The molecule has 2 aliphatic heterocycles. The minimum absolute atomic E-state index is 0.0177. The van der Waals surface area contributed by atoms with Crippen molar-refractivity contribution < 1.29 is 27.5 Å². The van der Waals surface area contributed by atoms with Crippen molar-refractivity contribution >= 4 is 29.3 Å². The third-order valence-corrected chi connectivity index (χ3v) is 7.85. The van der Waals surface area contributed by atoms with Crippen molar-refractivity contribution in [3.05, 3.63) is 23.8 Å². The van der Waals surface area contributed by atoms with E-state index in [9.17, 15) is 22.8 Å². The molecule has 4 rings (SSSR count). The highest BCUT2D eigenvalue weighted by molar-refractivity contribution is 8.01. The summed E-state index contributed by atoms with van der Waals surface area (Å²) in [6.07, 6.45) is 1.03. The average molecular weight is 472 g/mol. The summed E-state index contributed by atoms with van der Waals surface area (Å²) < 4.78 is 44.3. The number of amides is 2. The number of thioether (sulfide) groups is 1. The summed E-state index contributed by atoms with van der Waals surface area (Å²) in [5, 5.41) is 4.90. The highest BCUT2D eigenvalue weighted by Gasteiger charge is 2.39. The highest BCUT2D eigenvalue weighted by atomic mass is 32.2. The molecule has 2 amide bonds. The Labute approximate surface area is 189 Å². The molecule has 2 heterocycles. The Hall–Kier alpha value is -1.78. The van der Waals surface area contributed by atoms with Gasteiger partial charge in [0.1, 0.15) is 0 Å². The van der Waals surface area contributed by atoms with Crippen LogP contribution in [0.4, 0.5) is 18.9 Å². The average Bonchev–Trinajstić information content (AvgIpc) is 2.78. The van der Waals surface area contributed by atoms with Crippen molar-refractivity contribution in [2.24, 2.45) is 0 Å². The molecule has 3 aliphatic rings. The zero-order valence-corrected chi connectivity index (χ0v) is 18.6. The Morgan fingerprint density at radius 2 is 1.94 bits per heavy atom. The highest BCUT2D eigenvalue weighted by Crippen LogP contribution is 2.40. The number of hydrogen-bond acceptors (Lipinski definition) is 5. The van der Waals surface area contributed by atoms with E-state index in [2.05, 4.69) is 15.5 Å². The maximum atomic E-state index is 12.9. The van der Waals surface area contributed by atoms with Crippen LogP contribution >= 0.6 is 11.8 Å². The number of fused-ring (bicyclic) bond motifs is 1. The molecule has 2 N–H and O–H groups in total. The lowest BCUT2D eigenvalue weighted by atomic mass is 9.79. The van der Waals surface area contributed by atoms with Crippen LogP contribution in [0.5, 0.6) is 0 Å². The van der Waals surface area contributed by atoms with Gasteiger partial charge in [0, 0.05) is 36.5 Å². The van der Waals surface area contributed by atoms with Gasteiger partial charge in [-0.3, -0.25) is 14.5 Å². The van der Waals surface area contributed by atoms with E-state index in [1.54, 1.807) is 0 Å². The van der Waals surface area contributed by atoms with Crippen molar-refractivity contribution in [2.75, 3.05) is 38.2 Å². The molecule has 0 radical (unpaired) electrons. The van der Waals surface area contributed by atoms with Gasteiger partial charge in [0.15, 0.2) is 0 Å². The van der Waals surface area contributed by atoms with E-state index in [4.69, 9.17) is 4.74 Å². The quantitative estimate of drug-likeness (QED) is 0.686. The van der Waals surface area contributed by atoms with E-state index >= 15 is 0 Å². The summed E-state index contributed by atoms with van der Waals surface area (Å²) in [5.74, 6) is -0.663. The first kappa shape index (κ1) is 23.4. The number of morpholine rings is 1. The van der Waals surface area contributed by atoms with Crippen molar-refractivity contribution in [1.82, 2.24) is 10.2 Å². The van der Waals surface area contributed by atoms with Gasteiger partial charge in [0.05, 0.1) is 29.7 Å². The predicted molar refractivity (Wildman–Crippen MR) is 116 cm³/mol. The summed E-state index contributed by atoms with van der Waals surface area (Å²) in [5.41, 5.74) is -0.741. The monoisotopic (exact) mass is 471 g/mol. The summed E-state index contributed by atoms with van der Waals surface area (Å²) in [4.78, 5) is 28.2. The molecular weight excluding hydrogens is 443 g/mol. The number of nitrogens with one attached hydrogen (secondary N) is 2. The molecule has 1 aromatic carbocycles. The Balaban J connectivity index is 1.37. The van der Waals surface area contributed by atoms with Gasteiger partial charge in [-0.15, -0.1) is 11.8 Å². The van der Waals surface area contributed by atoms with Crippen LogP contribution in [-0.2, 0) is 20.5 Å². The van der Waals surface area contributed by atoms with E-state index in [0.717, 1.165) is 62.7 Å². The van der Waals surface area contributed by atoms with E-state index in [-0.39, 0.29) is 23.6 Å². The summed E-state index contributed by atoms with van der Waals surface area (Å²) in [7, 11) is 0. The van der Waals surface area contributed by atoms with Gasteiger partial charge in [-0.2, -0.15) is 13.2 Å². The normalized spacial score (nSPS) is 23.8. The van der Waals surface area contributed by atoms with Crippen molar-refractivity contribution in [3.8, 4) is 0 Å². The number of carbonyl (C=O) groups excluding carboxylic acids is 2. The van der Waals surface area contributed by atoms with Crippen LogP contribution in [0.1, 0.15) is 44.1 Å². The van der Waals surface area contributed by atoms with E-state index in [1.807, 2.05) is 0 Å². The molecule has 0 bridgehead atoms. The Kier molecular flexibility index (Phi) is 7.02. The lowest BCUT2D eigenvalue weighted by Gasteiger charge is -2.48. The number of nitrogens with zero attached hydrogens (tertiary/aromatic N) is 1. The third-order valence-electron chi connectivity index (χ3n) is 6.58. The van der Waals surface area contributed by atoms with Crippen LogP contribution in [0.15, 0.2) is 23.1 Å². The minimum atomic E-state index is -4.48. The largest absolute Gasteiger partial charge is 0.416 e. The predicted octanol–water partition coefficient (Wildman–Crippen LogP) is 3.66. The molecule has 10 heteroatoms. The van der Waals surface area contributed by atoms with Crippen LogP contribution < -0.4 is 10.6 Å². The first-order valence-corrected chi connectivity index (χ1v) is 11.9.